The van der Waals surface area contributed by atoms with E-state index in [2.05, 4.69) is 19.2 Å². The molecule has 2 atom stereocenters. The normalized spacial score (nSPS) is 14.3. The Hall–Kier alpha value is -0.570. The zero-order valence-electron chi connectivity index (χ0n) is 10.2. The quantitative estimate of drug-likeness (QED) is 0.834. The van der Waals surface area contributed by atoms with Crippen molar-refractivity contribution < 1.29 is 5.11 Å². The van der Waals surface area contributed by atoms with Gasteiger partial charge in [-0.05, 0) is 24.9 Å². The van der Waals surface area contributed by atoms with E-state index in [-0.39, 0.29) is 18.4 Å². The van der Waals surface area contributed by atoms with Crippen molar-refractivity contribution in [3.8, 4) is 0 Å². The molecule has 1 aromatic carbocycles. The molecule has 0 fully saturated rings. The highest BCUT2D eigenvalue weighted by molar-refractivity contribution is 5.85. The zero-order valence-corrected chi connectivity index (χ0v) is 11.0. The minimum atomic E-state index is -0.426. The Balaban J connectivity index is 0.00000225. The van der Waals surface area contributed by atoms with Gasteiger partial charge in [0.1, 0.15) is 0 Å². The number of aliphatic hydroxyl groups excluding tert-OH is 1. The van der Waals surface area contributed by atoms with E-state index in [4.69, 9.17) is 0 Å². The molecule has 3 heteroatoms. The first-order valence-electron chi connectivity index (χ1n) is 5.57. The fraction of sp³-hybridized carbons (Fsp3) is 0.538. The summed E-state index contributed by atoms with van der Waals surface area (Å²) in [5.74, 6) is 0.607. The highest BCUT2D eigenvalue weighted by atomic mass is 35.5. The largest absolute Gasteiger partial charge is 0.387 e. The van der Waals surface area contributed by atoms with Gasteiger partial charge in [0.25, 0.3) is 0 Å². The minimum Gasteiger partial charge on any atom is -0.387 e. The van der Waals surface area contributed by atoms with Crippen LogP contribution in [0.15, 0.2) is 30.3 Å². The third kappa shape index (κ3) is 4.97. The van der Waals surface area contributed by atoms with Gasteiger partial charge in [0.2, 0.25) is 0 Å². The van der Waals surface area contributed by atoms with Gasteiger partial charge in [0, 0.05) is 6.04 Å². The molecule has 0 spiro atoms. The van der Waals surface area contributed by atoms with Crippen LogP contribution in [0.3, 0.4) is 0 Å². The molecular formula is C13H22ClNO. The number of hydrogen-bond acceptors (Lipinski definition) is 2. The highest BCUT2D eigenvalue weighted by Gasteiger charge is 2.15. The summed E-state index contributed by atoms with van der Waals surface area (Å²) in [5.41, 5.74) is 0.973. The van der Waals surface area contributed by atoms with Crippen molar-refractivity contribution in [3.05, 3.63) is 35.9 Å². The monoisotopic (exact) mass is 243 g/mol. The van der Waals surface area contributed by atoms with Crippen molar-refractivity contribution in [2.75, 3.05) is 6.54 Å². The molecule has 0 aliphatic heterocycles. The van der Waals surface area contributed by atoms with Crippen molar-refractivity contribution in [1.29, 1.82) is 0 Å². The second-order valence-corrected chi connectivity index (χ2v) is 4.45. The maximum absolute atomic E-state index is 10.0. The Morgan fingerprint density at radius 1 is 1.12 bits per heavy atom. The van der Waals surface area contributed by atoms with Crippen molar-refractivity contribution in [1.82, 2.24) is 5.32 Å². The number of benzene rings is 1. The third-order valence-corrected chi connectivity index (χ3v) is 2.46. The number of nitrogens with one attached hydrogen (secondary N) is 1. The lowest BCUT2D eigenvalue weighted by Gasteiger charge is -2.21. The molecule has 2 N–H and O–H groups in total. The molecule has 0 bridgehead atoms. The van der Waals surface area contributed by atoms with Crippen molar-refractivity contribution >= 4 is 12.4 Å². The fourth-order valence-electron chi connectivity index (χ4n) is 1.47. The van der Waals surface area contributed by atoms with E-state index in [0.29, 0.717) is 5.92 Å². The topological polar surface area (TPSA) is 32.3 Å². The van der Waals surface area contributed by atoms with Gasteiger partial charge < -0.3 is 10.4 Å². The van der Waals surface area contributed by atoms with E-state index < -0.39 is 6.10 Å². The molecule has 0 amide bonds. The molecule has 92 valence electrons. The Bertz CT molecular complexity index is 277. The molecule has 0 heterocycles. The second kappa shape index (κ2) is 7.66. The summed E-state index contributed by atoms with van der Waals surface area (Å²) in [6.07, 6.45) is -0.426. The van der Waals surface area contributed by atoms with Crippen molar-refractivity contribution in [2.24, 2.45) is 5.92 Å². The maximum Gasteiger partial charge on any atom is 0.0940 e. The average molecular weight is 244 g/mol. The third-order valence-electron chi connectivity index (χ3n) is 2.46. The molecule has 0 radical (unpaired) electrons. The molecule has 2 nitrogen and oxygen atoms in total. The number of halogens is 1. The Morgan fingerprint density at radius 3 is 2.19 bits per heavy atom. The number of aliphatic hydroxyl groups is 1. The van der Waals surface area contributed by atoms with Crippen LogP contribution < -0.4 is 5.32 Å². The first-order valence-corrected chi connectivity index (χ1v) is 5.57. The Labute approximate surface area is 104 Å². The summed E-state index contributed by atoms with van der Waals surface area (Å²) in [6.45, 7) is 7.27. The molecule has 1 aromatic rings. The van der Waals surface area contributed by atoms with E-state index in [1.54, 1.807) is 0 Å². The molecule has 0 saturated carbocycles. The van der Waals surface area contributed by atoms with Gasteiger partial charge in [-0.2, -0.15) is 0 Å². The lowest BCUT2D eigenvalue weighted by atomic mass is 10.0. The molecule has 0 aliphatic carbocycles. The Morgan fingerprint density at radius 2 is 1.69 bits per heavy atom. The highest BCUT2D eigenvalue weighted by Crippen LogP contribution is 2.15. The van der Waals surface area contributed by atoms with Gasteiger partial charge in [0.05, 0.1) is 6.10 Å². The lowest BCUT2D eigenvalue weighted by molar-refractivity contribution is 0.134. The van der Waals surface area contributed by atoms with E-state index in [1.807, 2.05) is 37.3 Å². The standard InChI is InChI=1S/C13H21NO.ClH/c1-10(2)9-14-11(3)13(15)12-7-5-4-6-8-12;/h4-8,10-11,13-15H,9H2,1-3H3;1H. The summed E-state index contributed by atoms with van der Waals surface area (Å²) in [5, 5.41) is 13.4. The van der Waals surface area contributed by atoms with E-state index in [9.17, 15) is 5.11 Å². The van der Waals surface area contributed by atoms with Gasteiger partial charge in [-0.25, -0.2) is 0 Å². The van der Waals surface area contributed by atoms with Crippen LogP contribution in [0.2, 0.25) is 0 Å². The molecule has 0 aromatic heterocycles. The summed E-state index contributed by atoms with van der Waals surface area (Å²) in [7, 11) is 0. The van der Waals surface area contributed by atoms with Crippen LogP contribution in [-0.2, 0) is 0 Å². The second-order valence-electron chi connectivity index (χ2n) is 4.45. The van der Waals surface area contributed by atoms with Gasteiger partial charge in [-0.3, -0.25) is 0 Å². The predicted molar refractivity (Wildman–Crippen MR) is 71.0 cm³/mol. The summed E-state index contributed by atoms with van der Waals surface area (Å²) in [4.78, 5) is 0. The maximum atomic E-state index is 10.0. The van der Waals surface area contributed by atoms with Crippen molar-refractivity contribution in [2.45, 2.75) is 32.9 Å². The lowest BCUT2D eigenvalue weighted by Crippen LogP contribution is -2.34. The van der Waals surface area contributed by atoms with E-state index in [0.717, 1.165) is 12.1 Å². The molecule has 1 rings (SSSR count). The molecule has 0 saturated heterocycles. The van der Waals surface area contributed by atoms with Gasteiger partial charge in [-0.15, -0.1) is 12.4 Å². The number of hydrogen-bond donors (Lipinski definition) is 2. The Kier molecular flexibility index (Phi) is 7.39. The molecule has 0 aliphatic rings. The molecule has 2 unspecified atom stereocenters. The number of rotatable bonds is 5. The summed E-state index contributed by atoms with van der Waals surface area (Å²) >= 11 is 0. The van der Waals surface area contributed by atoms with Crippen LogP contribution in [-0.4, -0.2) is 17.7 Å². The first kappa shape index (κ1) is 15.4. The van der Waals surface area contributed by atoms with Gasteiger partial charge in [-0.1, -0.05) is 44.2 Å². The molecule has 16 heavy (non-hydrogen) atoms. The van der Waals surface area contributed by atoms with Crippen LogP contribution in [0.4, 0.5) is 0 Å². The zero-order chi connectivity index (χ0) is 11.3. The van der Waals surface area contributed by atoms with Crippen LogP contribution in [0.1, 0.15) is 32.4 Å². The SMILES string of the molecule is CC(C)CNC(C)C(O)c1ccccc1.Cl. The summed E-state index contributed by atoms with van der Waals surface area (Å²) < 4.78 is 0. The smallest absolute Gasteiger partial charge is 0.0940 e. The van der Waals surface area contributed by atoms with Crippen LogP contribution >= 0.6 is 12.4 Å². The van der Waals surface area contributed by atoms with Crippen LogP contribution in [0.25, 0.3) is 0 Å². The predicted octanol–water partition coefficient (Wildman–Crippen LogP) is 2.78. The van der Waals surface area contributed by atoms with Crippen LogP contribution in [0, 0.1) is 5.92 Å². The minimum absolute atomic E-state index is 0. The van der Waals surface area contributed by atoms with E-state index in [1.165, 1.54) is 0 Å². The fourth-order valence-corrected chi connectivity index (χ4v) is 1.47. The van der Waals surface area contributed by atoms with Crippen molar-refractivity contribution in [3.63, 3.8) is 0 Å². The van der Waals surface area contributed by atoms with Crippen LogP contribution in [0.5, 0.6) is 0 Å². The average Bonchev–Trinajstić information content (AvgIpc) is 2.26. The van der Waals surface area contributed by atoms with Gasteiger partial charge in [0.15, 0.2) is 0 Å². The summed E-state index contributed by atoms with van der Waals surface area (Å²) in [6, 6.07) is 9.87. The van der Waals surface area contributed by atoms with Gasteiger partial charge >= 0.3 is 0 Å². The first-order chi connectivity index (χ1) is 7.11. The van der Waals surface area contributed by atoms with E-state index >= 15 is 0 Å². The molecular weight excluding hydrogens is 222 g/mol.